The fraction of sp³-hybridized carbons (Fsp3) is 0.667. The molecule has 36 valence electrons. The average molecular weight is 109 g/mol. The number of carbonyl (C=O) groups excluding carboxylic acids is 1. The van der Waals surface area contributed by atoms with Gasteiger partial charge in [-0.1, -0.05) is 0 Å². The lowest BCUT2D eigenvalue weighted by molar-refractivity contribution is 0.475. The van der Waals surface area contributed by atoms with Gasteiger partial charge in [0.2, 0.25) is 5.75 Å². The van der Waals surface area contributed by atoms with E-state index >= 15 is 0 Å². The van der Waals surface area contributed by atoms with Gasteiger partial charge in [0.05, 0.1) is 13.2 Å². The Morgan fingerprint density at radius 1 is 1.67 bits per heavy atom. The third-order valence-electron chi connectivity index (χ3n) is 0.204. The third kappa shape index (κ3) is 39.5. The number of hydrogen-bond acceptors (Lipinski definition) is 2. The van der Waals surface area contributed by atoms with Gasteiger partial charge < -0.3 is 4.74 Å². The minimum atomic E-state index is 0.222. The summed E-state index contributed by atoms with van der Waals surface area (Å²) in [4.78, 5) is 8.57. The maximum Gasteiger partial charge on any atom is 0.208 e. The van der Waals surface area contributed by atoms with Crippen LogP contribution in [-0.4, -0.2) is 19.0 Å². The van der Waals surface area contributed by atoms with Gasteiger partial charge >= 0.3 is 0 Å². The molecule has 0 unspecified atom stereocenters. The Balaban J connectivity index is 0.0000000833. The molecule has 6 heavy (non-hydrogen) atoms. The molecule has 0 radical (unpaired) electrons. The Morgan fingerprint density at radius 3 is 1.83 bits per heavy atom. The molecular formula is C3H5ClO2. The second kappa shape index (κ2) is 4.92. The Bertz CT molecular complexity index is 33.0. The number of ether oxygens (including phenoxy) is 1. The van der Waals surface area contributed by atoms with E-state index in [0.29, 0.717) is 0 Å². The van der Waals surface area contributed by atoms with Gasteiger partial charge in [-0.15, -0.1) is 0 Å². The van der Waals surface area contributed by atoms with E-state index in [4.69, 9.17) is 4.79 Å². The smallest absolute Gasteiger partial charge is 0.208 e. The summed E-state index contributed by atoms with van der Waals surface area (Å²) in [5.74, 6) is 0.222. The van der Waals surface area contributed by atoms with E-state index in [1.165, 1.54) is 0 Å². The van der Waals surface area contributed by atoms with Gasteiger partial charge in [0, 0.05) is 0 Å². The third-order valence-corrected chi connectivity index (χ3v) is 0.204. The van der Waals surface area contributed by atoms with Crippen molar-refractivity contribution in [2.75, 3.05) is 13.2 Å². The summed E-state index contributed by atoms with van der Waals surface area (Å²) in [5, 5.41) is 0. The zero-order chi connectivity index (χ0) is 4.83. The van der Waals surface area contributed by atoms with Gasteiger partial charge in [-0.05, 0) is 11.6 Å². The number of rotatable bonds is 0. The van der Waals surface area contributed by atoms with Crippen LogP contribution in [0.5, 0.6) is 0 Å². The molecule has 0 saturated carbocycles. The highest BCUT2D eigenvalue weighted by Gasteiger charge is 1.94. The normalized spacial score (nSPS) is 14.2. The largest absolute Gasteiger partial charge is 0.377 e. The van der Waals surface area contributed by atoms with E-state index in [-0.39, 0.29) is 5.75 Å². The quantitative estimate of drug-likeness (QED) is 0.256. The Morgan fingerprint density at radius 2 is 1.83 bits per heavy atom. The highest BCUT2D eigenvalue weighted by molar-refractivity contribution is 6.54. The van der Waals surface area contributed by atoms with Gasteiger partial charge in [0.1, 0.15) is 0 Å². The van der Waals surface area contributed by atoms with Gasteiger partial charge in [-0.3, -0.25) is 4.79 Å². The maximum absolute atomic E-state index is 8.57. The highest BCUT2D eigenvalue weighted by atomic mass is 35.5. The molecule has 0 aromatic carbocycles. The van der Waals surface area contributed by atoms with Gasteiger partial charge in [-0.2, -0.15) is 0 Å². The minimum Gasteiger partial charge on any atom is -0.377 e. The lowest BCUT2D eigenvalue weighted by Gasteiger charge is -1.24. The summed E-state index contributed by atoms with van der Waals surface area (Å²) in [6, 6.07) is 0. The van der Waals surface area contributed by atoms with E-state index in [2.05, 4.69) is 16.3 Å². The molecule has 0 atom stereocenters. The van der Waals surface area contributed by atoms with Gasteiger partial charge in [0.15, 0.2) is 0 Å². The van der Waals surface area contributed by atoms with Crippen molar-refractivity contribution in [2.45, 2.75) is 0 Å². The van der Waals surface area contributed by atoms with Crippen LogP contribution in [0.1, 0.15) is 0 Å². The molecule has 1 aliphatic heterocycles. The first kappa shape index (κ1) is 5.92. The first-order valence-corrected chi connectivity index (χ1v) is 1.97. The molecule has 0 aliphatic carbocycles. The van der Waals surface area contributed by atoms with Crippen molar-refractivity contribution in [3.8, 4) is 0 Å². The van der Waals surface area contributed by atoms with Crippen LogP contribution >= 0.6 is 11.6 Å². The van der Waals surface area contributed by atoms with Crippen LogP contribution < -0.4 is 0 Å². The number of carbonyl (C=O) groups is 1. The maximum atomic E-state index is 8.57. The number of halogens is 1. The van der Waals surface area contributed by atoms with Crippen molar-refractivity contribution in [3.63, 3.8) is 0 Å². The molecule has 0 bridgehead atoms. The Hall–Kier alpha value is -0.0800. The lowest BCUT2D eigenvalue weighted by atomic mass is 11.0. The standard InChI is InChI=1S/C2H4O.CHClO/c1-2-3-1;2-1-3/h1-2H2;1H. The molecular weight excluding hydrogens is 103 g/mol. The molecule has 0 spiro atoms. The minimum absolute atomic E-state index is 0.222. The first-order valence-electron chi connectivity index (χ1n) is 1.53. The molecule has 3 heteroatoms. The second-order valence-electron chi connectivity index (χ2n) is 0.701. The molecule has 0 aromatic rings. The topological polar surface area (TPSA) is 29.6 Å². The number of epoxide rings is 1. The summed E-state index contributed by atoms with van der Waals surface area (Å²) < 4.78 is 4.50. The van der Waals surface area contributed by atoms with Crippen LogP contribution in [0.4, 0.5) is 0 Å². The van der Waals surface area contributed by atoms with Crippen molar-refractivity contribution in [1.29, 1.82) is 0 Å². The van der Waals surface area contributed by atoms with E-state index in [1.807, 2.05) is 0 Å². The molecule has 2 nitrogen and oxygen atoms in total. The van der Waals surface area contributed by atoms with Crippen molar-refractivity contribution in [2.24, 2.45) is 0 Å². The predicted octanol–water partition coefficient (Wildman–Crippen LogP) is 0.432. The van der Waals surface area contributed by atoms with E-state index < -0.39 is 0 Å². The SMILES string of the molecule is C1CO1.O=CCl. The molecule has 1 heterocycles. The van der Waals surface area contributed by atoms with Crippen LogP contribution in [0, 0.1) is 0 Å². The molecule has 0 N–H and O–H groups in total. The summed E-state index contributed by atoms with van der Waals surface area (Å²) in [6.45, 7) is 2.00. The fourth-order valence-electron chi connectivity index (χ4n) is 0. The van der Waals surface area contributed by atoms with Crippen LogP contribution in [0.15, 0.2) is 0 Å². The van der Waals surface area contributed by atoms with Gasteiger partial charge in [0.25, 0.3) is 0 Å². The van der Waals surface area contributed by atoms with E-state index in [9.17, 15) is 0 Å². The summed E-state index contributed by atoms with van der Waals surface area (Å²) >= 11 is 4.32. The Labute approximate surface area is 41.0 Å². The predicted molar refractivity (Wildman–Crippen MR) is 23.4 cm³/mol. The highest BCUT2D eigenvalue weighted by Crippen LogP contribution is 1.84. The molecule has 1 fully saturated rings. The Kier molecular flexibility index (Phi) is 4.85. The van der Waals surface area contributed by atoms with Crippen molar-refractivity contribution in [3.05, 3.63) is 0 Å². The van der Waals surface area contributed by atoms with Crippen molar-refractivity contribution >= 4 is 17.3 Å². The monoisotopic (exact) mass is 108 g/mol. The lowest BCUT2D eigenvalue weighted by Crippen LogP contribution is -1.24. The molecule has 1 saturated heterocycles. The van der Waals surface area contributed by atoms with Crippen LogP contribution in [-0.2, 0) is 9.53 Å². The summed E-state index contributed by atoms with van der Waals surface area (Å²) in [5.41, 5.74) is 0. The molecule has 0 aromatic heterocycles. The van der Waals surface area contributed by atoms with Crippen molar-refractivity contribution < 1.29 is 9.53 Å². The summed E-state index contributed by atoms with van der Waals surface area (Å²) in [6.07, 6.45) is 0. The molecule has 0 amide bonds. The van der Waals surface area contributed by atoms with Crippen molar-refractivity contribution in [1.82, 2.24) is 0 Å². The zero-order valence-electron chi connectivity index (χ0n) is 3.19. The molecule has 1 rings (SSSR count). The van der Waals surface area contributed by atoms with Crippen LogP contribution in [0.2, 0.25) is 0 Å². The van der Waals surface area contributed by atoms with Crippen LogP contribution in [0.3, 0.4) is 0 Å². The first-order chi connectivity index (χ1) is 2.91. The second-order valence-corrected chi connectivity index (χ2v) is 0.880. The number of hydrogen-bond donors (Lipinski definition) is 0. The van der Waals surface area contributed by atoms with Crippen LogP contribution in [0.25, 0.3) is 0 Å². The van der Waals surface area contributed by atoms with E-state index in [1.54, 1.807) is 0 Å². The molecule has 1 aliphatic rings. The average Bonchev–Trinajstić information content (AvgIpc) is 2.11. The van der Waals surface area contributed by atoms with E-state index in [0.717, 1.165) is 13.2 Å². The fourth-order valence-corrected chi connectivity index (χ4v) is 0. The zero-order valence-corrected chi connectivity index (χ0v) is 3.94. The summed E-state index contributed by atoms with van der Waals surface area (Å²) in [7, 11) is 0. The van der Waals surface area contributed by atoms with Gasteiger partial charge in [-0.25, -0.2) is 0 Å².